The van der Waals surface area contributed by atoms with Crippen molar-refractivity contribution in [1.29, 1.82) is 0 Å². The van der Waals surface area contributed by atoms with E-state index in [1.165, 1.54) is 11.3 Å². The molecule has 0 fully saturated rings. The number of thiophene rings is 1. The Morgan fingerprint density at radius 2 is 2.17 bits per heavy atom. The predicted octanol–water partition coefficient (Wildman–Crippen LogP) is 2.26. The van der Waals surface area contributed by atoms with Crippen molar-refractivity contribution in [3.05, 3.63) is 22.4 Å². The number of rotatable bonds is 7. The number of hydrogen-bond donors (Lipinski definition) is 3. The lowest BCUT2D eigenvalue weighted by Crippen LogP contribution is -2.48. The maximum atomic E-state index is 11.2. The molecule has 102 valence electrons. The van der Waals surface area contributed by atoms with Gasteiger partial charge >= 0.3 is 5.97 Å². The molecule has 4 nitrogen and oxygen atoms in total. The van der Waals surface area contributed by atoms with E-state index >= 15 is 0 Å². The van der Waals surface area contributed by atoms with Crippen LogP contribution in [0.4, 0.5) is 0 Å². The fourth-order valence-electron chi connectivity index (χ4n) is 1.87. The second kappa shape index (κ2) is 6.87. The van der Waals surface area contributed by atoms with Crippen LogP contribution in [0.3, 0.4) is 0 Å². The van der Waals surface area contributed by atoms with E-state index in [2.05, 4.69) is 5.32 Å². The van der Waals surface area contributed by atoms with Gasteiger partial charge in [-0.25, -0.2) is 0 Å². The average Bonchev–Trinajstić information content (AvgIpc) is 2.81. The van der Waals surface area contributed by atoms with Crippen molar-refractivity contribution in [2.45, 2.75) is 45.4 Å². The topological polar surface area (TPSA) is 69.6 Å². The van der Waals surface area contributed by atoms with Crippen molar-refractivity contribution in [3.63, 3.8) is 0 Å². The molecule has 0 aliphatic rings. The van der Waals surface area contributed by atoms with E-state index < -0.39 is 18.1 Å². The van der Waals surface area contributed by atoms with E-state index in [1.807, 2.05) is 38.3 Å². The van der Waals surface area contributed by atoms with Gasteiger partial charge in [-0.1, -0.05) is 26.8 Å². The lowest BCUT2D eigenvalue weighted by Gasteiger charge is -2.27. The van der Waals surface area contributed by atoms with Crippen LogP contribution in [0, 0.1) is 5.92 Å². The number of carboxylic acids is 1. The Morgan fingerprint density at radius 3 is 2.56 bits per heavy atom. The van der Waals surface area contributed by atoms with Gasteiger partial charge in [-0.05, 0) is 23.8 Å². The van der Waals surface area contributed by atoms with Crippen LogP contribution >= 0.6 is 11.3 Å². The van der Waals surface area contributed by atoms with Crippen molar-refractivity contribution in [1.82, 2.24) is 5.32 Å². The van der Waals surface area contributed by atoms with Crippen LogP contribution in [0.1, 0.15) is 38.2 Å². The molecular formula is C13H21NO3S. The molecule has 0 aliphatic carbocycles. The standard InChI is InChI=1S/C13H21NO3S/c1-4-9(12(15)10-6-5-7-18-10)14-11(8(2)3)13(16)17/h5-9,11-12,14-15H,4H2,1-3H3,(H,16,17). The maximum Gasteiger partial charge on any atom is 0.320 e. The molecule has 1 aromatic heterocycles. The Labute approximate surface area is 112 Å². The molecule has 0 amide bonds. The van der Waals surface area contributed by atoms with Gasteiger partial charge in [-0.15, -0.1) is 11.3 Å². The number of aliphatic hydroxyl groups is 1. The lowest BCUT2D eigenvalue weighted by molar-refractivity contribution is -0.141. The molecule has 3 N–H and O–H groups in total. The first-order chi connectivity index (χ1) is 8.47. The molecule has 0 radical (unpaired) electrons. The van der Waals surface area contributed by atoms with E-state index in [0.29, 0.717) is 6.42 Å². The van der Waals surface area contributed by atoms with Gasteiger partial charge in [0.15, 0.2) is 0 Å². The van der Waals surface area contributed by atoms with Gasteiger partial charge in [0.25, 0.3) is 0 Å². The summed E-state index contributed by atoms with van der Waals surface area (Å²) in [5, 5.41) is 24.3. The Balaban J connectivity index is 2.74. The summed E-state index contributed by atoms with van der Waals surface area (Å²) >= 11 is 1.48. The van der Waals surface area contributed by atoms with Crippen LogP contribution in [0.25, 0.3) is 0 Å². The van der Waals surface area contributed by atoms with Crippen molar-refractivity contribution in [2.24, 2.45) is 5.92 Å². The van der Waals surface area contributed by atoms with Crippen molar-refractivity contribution < 1.29 is 15.0 Å². The summed E-state index contributed by atoms with van der Waals surface area (Å²) in [5.74, 6) is -0.895. The Kier molecular flexibility index (Phi) is 5.78. The summed E-state index contributed by atoms with van der Waals surface area (Å²) in [7, 11) is 0. The number of carbonyl (C=O) groups is 1. The Hall–Kier alpha value is -0.910. The third-order valence-electron chi connectivity index (χ3n) is 2.98. The van der Waals surface area contributed by atoms with Gasteiger partial charge in [0.2, 0.25) is 0 Å². The van der Waals surface area contributed by atoms with E-state index in [4.69, 9.17) is 5.11 Å². The molecule has 0 spiro atoms. The third kappa shape index (κ3) is 3.80. The maximum absolute atomic E-state index is 11.2. The molecule has 0 saturated carbocycles. The number of nitrogens with one attached hydrogen (secondary N) is 1. The lowest BCUT2D eigenvalue weighted by atomic mass is 10.00. The normalized spacial score (nSPS) is 16.5. The zero-order valence-electron chi connectivity index (χ0n) is 11.0. The van der Waals surface area contributed by atoms with E-state index in [1.54, 1.807) is 0 Å². The molecule has 0 saturated heterocycles. The smallest absolute Gasteiger partial charge is 0.320 e. The van der Waals surface area contributed by atoms with Gasteiger partial charge in [0.1, 0.15) is 12.1 Å². The van der Waals surface area contributed by atoms with Gasteiger partial charge in [0.05, 0.1) is 0 Å². The minimum atomic E-state index is -0.873. The fourth-order valence-corrected chi connectivity index (χ4v) is 2.64. The van der Waals surface area contributed by atoms with Gasteiger partial charge in [0, 0.05) is 10.9 Å². The SMILES string of the molecule is CCC(NC(C(=O)O)C(C)C)C(O)c1cccs1. The zero-order chi connectivity index (χ0) is 13.7. The molecule has 1 rings (SSSR count). The molecule has 1 heterocycles. The van der Waals surface area contributed by atoms with Crippen molar-refractivity contribution in [2.75, 3.05) is 0 Å². The summed E-state index contributed by atoms with van der Waals surface area (Å²) in [4.78, 5) is 12.0. The summed E-state index contributed by atoms with van der Waals surface area (Å²) in [6, 6.07) is 2.87. The minimum Gasteiger partial charge on any atom is -0.480 e. The van der Waals surface area contributed by atoms with Crippen LogP contribution < -0.4 is 5.32 Å². The first kappa shape index (κ1) is 15.1. The molecule has 0 aliphatic heterocycles. The van der Waals surface area contributed by atoms with Crippen LogP contribution in [0.5, 0.6) is 0 Å². The third-order valence-corrected chi connectivity index (χ3v) is 3.92. The second-order valence-electron chi connectivity index (χ2n) is 4.70. The number of aliphatic carboxylic acids is 1. The molecule has 3 unspecified atom stereocenters. The second-order valence-corrected chi connectivity index (χ2v) is 5.68. The number of hydrogen-bond acceptors (Lipinski definition) is 4. The summed E-state index contributed by atoms with van der Waals surface area (Å²) < 4.78 is 0. The molecular weight excluding hydrogens is 250 g/mol. The minimum absolute atomic E-state index is 0.0212. The van der Waals surface area contributed by atoms with E-state index in [0.717, 1.165) is 4.88 Å². The predicted molar refractivity (Wildman–Crippen MR) is 72.8 cm³/mol. The largest absolute Gasteiger partial charge is 0.480 e. The summed E-state index contributed by atoms with van der Waals surface area (Å²) in [6.45, 7) is 5.65. The molecule has 3 atom stereocenters. The highest BCUT2D eigenvalue weighted by Gasteiger charge is 2.28. The van der Waals surface area contributed by atoms with Crippen molar-refractivity contribution in [3.8, 4) is 0 Å². The number of carboxylic acid groups (broad SMARTS) is 1. The monoisotopic (exact) mass is 271 g/mol. The average molecular weight is 271 g/mol. The molecule has 1 aromatic rings. The summed E-state index contributed by atoms with van der Waals surface area (Å²) in [5.41, 5.74) is 0. The highest BCUT2D eigenvalue weighted by Crippen LogP contribution is 2.24. The highest BCUT2D eigenvalue weighted by atomic mass is 32.1. The zero-order valence-corrected chi connectivity index (χ0v) is 11.8. The van der Waals surface area contributed by atoms with Gasteiger partial charge in [-0.3, -0.25) is 10.1 Å². The quantitative estimate of drug-likeness (QED) is 0.711. The van der Waals surface area contributed by atoms with E-state index in [9.17, 15) is 9.90 Å². The fraction of sp³-hybridized carbons (Fsp3) is 0.615. The van der Waals surface area contributed by atoms with Gasteiger partial charge in [-0.2, -0.15) is 0 Å². The van der Waals surface area contributed by atoms with Gasteiger partial charge < -0.3 is 10.2 Å². The van der Waals surface area contributed by atoms with Crippen LogP contribution in [0.15, 0.2) is 17.5 Å². The molecule has 0 bridgehead atoms. The molecule has 18 heavy (non-hydrogen) atoms. The van der Waals surface area contributed by atoms with Crippen LogP contribution in [0.2, 0.25) is 0 Å². The first-order valence-corrected chi connectivity index (χ1v) is 7.05. The van der Waals surface area contributed by atoms with Crippen molar-refractivity contribution >= 4 is 17.3 Å². The van der Waals surface area contributed by atoms with E-state index in [-0.39, 0.29) is 12.0 Å². The first-order valence-electron chi connectivity index (χ1n) is 6.17. The number of aliphatic hydroxyl groups excluding tert-OH is 1. The highest BCUT2D eigenvalue weighted by molar-refractivity contribution is 7.10. The molecule has 5 heteroatoms. The van der Waals surface area contributed by atoms with Crippen LogP contribution in [-0.2, 0) is 4.79 Å². The molecule has 0 aromatic carbocycles. The Morgan fingerprint density at radius 1 is 1.50 bits per heavy atom. The van der Waals surface area contributed by atoms with Crippen LogP contribution in [-0.4, -0.2) is 28.3 Å². The summed E-state index contributed by atoms with van der Waals surface area (Å²) in [6.07, 6.45) is 0.0193. The Bertz CT molecular complexity index is 364.